The number of aromatic nitrogens is 2. The van der Waals surface area contributed by atoms with Gasteiger partial charge in [0.2, 0.25) is 0 Å². The normalized spacial score (nSPS) is 13.1. The zero-order chi connectivity index (χ0) is 16.2. The summed E-state index contributed by atoms with van der Waals surface area (Å²) in [7, 11) is 2.10. The van der Waals surface area contributed by atoms with Crippen molar-refractivity contribution in [2.45, 2.75) is 52.5 Å². The third-order valence-electron chi connectivity index (χ3n) is 3.64. The lowest BCUT2D eigenvalue weighted by Crippen LogP contribution is -2.35. The fourth-order valence-electron chi connectivity index (χ4n) is 2.19. The highest BCUT2D eigenvalue weighted by atomic mass is 32.2. The largest absolute Gasteiger partial charge is 0.355 e. The molecule has 1 heterocycles. The van der Waals surface area contributed by atoms with Crippen LogP contribution in [0.2, 0.25) is 0 Å². The van der Waals surface area contributed by atoms with Crippen LogP contribution in [0.1, 0.15) is 45.5 Å². The number of nitrogens with two attached hydrogens (primary N) is 1. The van der Waals surface area contributed by atoms with E-state index < -0.39 is 0 Å². The van der Waals surface area contributed by atoms with Crippen molar-refractivity contribution < 1.29 is 0 Å². The van der Waals surface area contributed by atoms with Crippen molar-refractivity contribution in [3.05, 3.63) is 11.4 Å². The van der Waals surface area contributed by atoms with E-state index in [2.05, 4.69) is 56.3 Å². The van der Waals surface area contributed by atoms with Gasteiger partial charge in [-0.1, -0.05) is 27.7 Å². The molecule has 0 amide bonds. The van der Waals surface area contributed by atoms with Crippen molar-refractivity contribution in [1.29, 1.82) is 0 Å². The Hall–Kier alpha value is -1.01. The highest BCUT2D eigenvalue weighted by Crippen LogP contribution is 2.29. The van der Waals surface area contributed by atoms with Crippen LogP contribution in [0.5, 0.6) is 0 Å². The third-order valence-corrected chi connectivity index (χ3v) is 4.36. The third kappa shape index (κ3) is 4.23. The molecule has 0 fully saturated rings. The van der Waals surface area contributed by atoms with Crippen LogP contribution in [0.25, 0.3) is 0 Å². The number of nitrogens with zero attached hydrogens (tertiary/aromatic N) is 3. The Labute approximate surface area is 133 Å². The molecule has 1 atom stereocenters. The van der Waals surface area contributed by atoms with E-state index in [-0.39, 0.29) is 5.41 Å². The smallest absolute Gasteiger partial charge is 0.148 e. The minimum Gasteiger partial charge on any atom is -0.355 e. The topological polar surface area (TPSA) is 67.1 Å². The summed E-state index contributed by atoms with van der Waals surface area (Å²) in [6.07, 6.45) is 3.22. The number of hydrogen-bond acceptors (Lipinski definition) is 6. The van der Waals surface area contributed by atoms with Crippen LogP contribution in [-0.4, -0.2) is 35.1 Å². The van der Waals surface area contributed by atoms with E-state index in [0.717, 1.165) is 29.4 Å². The van der Waals surface area contributed by atoms with Gasteiger partial charge in [-0.3, -0.25) is 0 Å². The van der Waals surface area contributed by atoms with E-state index in [1.54, 1.807) is 0 Å². The summed E-state index contributed by atoms with van der Waals surface area (Å²) in [5.74, 6) is 9.19. The zero-order valence-corrected chi connectivity index (χ0v) is 15.1. The molecule has 1 rings (SSSR count). The summed E-state index contributed by atoms with van der Waals surface area (Å²) in [4.78, 5) is 11.6. The maximum Gasteiger partial charge on any atom is 0.148 e. The lowest BCUT2D eigenvalue weighted by Gasteiger charge is -2.31. The molecule has 120 valence electrons. The molecule has 0 aliphatic rings. The van der Waals surface area contributed by atoms with Crippen LogP contribution in [-0.2, 0) is 5.41 Å². The van der Waals surface area contributed by atoms with E-state index in [1.165, 1.54) is 0 Å². The Morgan fingerprint density at radius 1 is 1.33 bits per heavy atom. The first kappa shape index (κ1) is 18.0. The number of hydrogen-bond donors (Lipinski definition) is 2. The van der Waals surface area contributed by atoms with Crippen molar-refractivity contribution >= 4 is 23.4 Å². The van der Waals surface area contributed by atoms with E-state index >= 15 is 0 Å². The average Bonchev–Trinajstić information content (AvgIpc) is 2.43. The molecular weight excluding hydrogens is 282 g/mol. The number of thioether (sulfide) groups is 1. The van der Waals surface area contributed by atoms with Gasteiger partial charge in [-0.25, -0.2) is 15.8 Å². The lowest BCUT2D eigenvalue weighted by atomic mass is 9.95. The van der Waals surface area contributed by atoms with Gasteiger partial charge in [0, 0.05) is 29.8 Å². The molecule has 6 heteroatoms. The summed E-state index contributed by atoms with van der Waals surface area (Å²) in [6.45, 7) is 10.6. The molecule has 0 spiro atoms. The van der Waals surface area contributed by atoms with Gasteiger partial charge in [-0.05, 0) is 19.6 Å². The van der Waals surface area contributed by atoms with Gasteiger partial charge in [0.1, 0.15) is 17.5 Å². The van der Waals surface area contributed by atoms with Crippen LogP contribution < -0.4 is 16.2 Å². The second-order valence-electron chi connectivity index (χ2n) is 6.37. The summed E-state index contributed by atoms with van der Waals surface area (Å²) in [5.41, 5.74) is 3.59. The Morgan fingerprint density at radius 3 is 2.38 bits per heavy atom. The molecule has 0 bridgehead atoms. The Kier molecular flexibility index (Phi) is 6.28. The van der Waals surface area contributed by atoms with Gasteiger partial charge in [-0.2, -0.15) is 11.8 Å². The van der Waals surface area contributed by atoms with Gasteiger partial charge < -0.3 is 10.3 Å². The maximum absolute atomic E-state index is 5.64. The lowest BCUT2D eigenvalue weighted by molar-refractivity contribution is 0.542. The Bertz CT molecular complexity index is 470. The van der Waals surface area contributed by atoms with E-state index in [4.69, 9.17) is 10.8 Å². The molecule has 0 saturated heterocycles. The minimum atomic E-state index is -0.115. The van der Waals surface area contributed by atoms with Crippen LogP contribution in [0.4, 0.5) is 11.6 Å². The minimum absolute atomic E-state index is 0.115. The van der Waals surface area contributed by atoms with Crippen molar-refractivity contribution in [2.24, 2.45) is 5.84 Å². The number of nitrogens with one attached hydrogen (secondary N) is 1. The van der Waals surface area contributed by atoms with Gasteiger partial charge in [0.15, 0.2) is 0 Å². The standard InChI is InChI=1S/C15H29N5S/c1-8-11(9-21-7)20(6)13-10(2)12(19-16)17-14(18-13)15(3,4)5/h11H,8-9,16H2,1-7H3,(H,17,18,19). The monoisotopic (exact) mass is 311 g/mol. The molecule has 1 unspecified atom stereocenters. The Morgan fingerprint density at radius 2 is 1.95 bits per heavy atom. The number of nitrogen functional groups attached to an aromatic ring is 1. The van der Waals surface area contributed by atoms with Gasteiger partial charge in [0.25, 0.3) is 0 Å². The summed E-state index contributed by atoms with van der Waals surface area (Å²) >= 11 is 1.86. The van der Waals surface area contributed by atoms with Gasteiger partial charge >= 0.3 is 0 Å². The first-order valence-electron chi connectivity index (χ1n) is 7.33. The Balaban J connectivity index is 3.33. The molecule has 0 aliphatic heterocycles. The van der Waals surface area contributed by atoms with Crippen molar-refractivity contribution in [3.8, 4) is 0 Å². The highest BCUT2D eigenvalue weighted by molar-refractivity contribution is 7.98. The second kappa shape index (κ2) is 7.31. The van der Waals surface area contributed by atoms with Crippen LogP contribution in [0, 0.1) is 6.92 Å². The van der Waals surface area contributed by atoms with E-state index in [0.29, 0.717) is 11.9 Å². The molecule has 1 aromatic heterocycles. The van der Waals surface area contributed by atoms with Crippen molar-refractivity contribution in [3.63, 3.8) is 0 Å². The predicted octanol–water partition coefficient (Wildman–Crippen LogP) is 2.95. The predicted molar refractivity (Wildman–Crippen MR) is 94.1 cm³/mol. The fraction of sp³-hybridized carbons (Fsp3) is 0.733. The second-order valence-corrected chi connectivity index (χ2v) is 7.28. The number of anilines is 2. The van der Waals surface area contributed by atoms with Gasteiger partial charge in [-0.15, -0.1) is 0 Å². The molecule has 21 heavy (non-hydrogen) atoms. The van der Waals surface area contributed by atoms with Crippen molar-refractivity contribution in [2.75, 3.05) is 29.4 Å². The molecule has 0 radical (unpaired) electrons. The highest BCUT2D eigenvalue weighted by Gasteiger charge is 2.24. The SMILES string of the molecule is CCC(CSC)N(C)c1nc(C(C)(C)C)nc(NN)c1C. The molecule has 1 aromatic rings. The summed E-state index contributed by atoms with van der Waals surface area (Å²) < 4.78 is 0. The van der Waals surface area contributed by atoms with Crippen LogP contribution in [0.15, 0.2) is 0 Å². The van der Waals surface area contributed by atoms with E-state index in [1.807, 2.05) is 18.7 Å². The molecular formula is C15H29N5S. The first-order valence-corrected chi connectivity index (χ1v) is 8.73. The quantitative estimate of drug-likeness (QED) is 0.622. The molecule has 3 N–H and O–H groups in total. The van der Waals surface area contributed by atoms with Gasteiger partial charge in [0.05, 0.1) is 0 Å². The summed E-state index contributed by atoms with van der Waals surface area (Å²) in [6, 6.07) is 0.451. The first-order chi connectivity index (χ1) is 9.76. The molecule has 0 aromatic carbocycles. The fourth-order valence-corrected chi connectivity index (χ4v) is 3.04. The molecule has 0 saturated carbocycles. The van der Waals surface area contributed by atoms with Crippen LogP contribution in [0.3, 0.4) is 0 Å². The average molecular weight is 311 g/mol. The zero-order valence-electron chi connectivity index (χ0n) is 14.3. The maximum atomic E-state index is 5.64. The molecule has 0 aliphatic carbocycles. The summed E-state index contributed by atoms with van der Waals surface area (Å²) in [5, 5.41) is 0. The van der Waals surface area contributed by atoms with Crippen LogP contribution >= 0.6 is 11.8 Å². The molecule has 5 nitrogen and oxygen atoms in total. The van der Waals surface area contributed by atoms with Crippen molar-refractivity contribution in [1.82, 2.24) is 9.97 Å². The number of hydrazine groups is 1. The number of rotatable bonds is 6. The van der Waals surface area contributed by atoms with E-state index in [9.17, 15) is 0 Å².